The molecule has 1 aromatic carbocycles. The third-order valence-corrected chi connectivity index (χ3v) is 3.23. The lowest BCUT2D eigenvalue weighted by molar-refractivity contribution is 0.157. The smallest absolute Gasteiger partial charge is 0.0618 e. The summed E-state index contributed by atoms with van der Waals surface area (Å²) in [6, 6.07) is 8.48. The maximum atomic E-state index is 5.94. The summed E-state index contributed by atoms with van der Waals surface area (Å²) >= 11 is 5.94. The summed E-state index contributed by atoms with van der Waals surface area (Å²) < 4.78 is 5.23. The first kappa shape index (κ1) is 11.9. The Morgan fingerprint density at radius 2 is 2.31 bits per heavy atom. The number of benzene rings is 1. The minimum atomic E-state index is 0.490. The average Bonchev–Trinajstić information content (AvgIpc) is 3.08. The Labute approximate surface area is 102 Å². The Hall–Kier alpha value is -0.570. The van der Waals surface area contributed by atoms with E-state index in [2.05, 4.69) is 11.4 Å². The van der Waals surface area contributed by atoms with Crippen molar-refractivity contribution in [3.05, 3.63) is 34.9 Å². The van der Waals surface area contributed by atoms with E-state index in [-0.39, 0.29) is 0 Å². The lowest BCUT2D eigenvalue weighted by Crippen LogP contribution is -2.34. The summed E-state index contributed by atoms with van der Waals surface area (Å²) in [6.45, 7) is 1.66. The number of ether oxygens (including phenoxy) is 1. The molecule has 0 spiro atoms. The van der Waals surface area contributed by atoms with Crippen LogP contribution >= 0.6 is 11.6 Å². The van der Waals surface area contributed by atoms with Crippen LogP contribution in [0.5, 0.6) is 0 Å². The summed E-state index contributed by atoms with van der Waals surface area (Å²) in [6.07, 6.45) is 2.66. The fraction of sp³-hybridized carbons (Fsp3) is 0.538. The van der Waals surface area contributed by atoms with Crippen molar-refractivity contribution in [2.45, 2.75) is 25.4 Å². The highest BCUT2D eigenvalue weighted by Gasteiger charge is 2.30. The van der Waals surface area contributed by atoms with Gasteiger partial charge in [-0.1, -0.05) is 23.7 Å². The molecule has 1 aromatic rings. The molecule has 0 amide bonds. The molecule has 1 aliphatic carbocycles. The normalized spacial score (nSPS) is 17.4. The highest BCUT2D eigenvalue weighted by Crippen LogP contribution is 2.32. The number of nitrogens with one attached hydrogen (secondary N) is 1. The summed E-state index contributed by atoms with van der Waals surface area (Å²) in [7, 11) is 1.76. The van der Waals surface area contributed by atoms with Crippen molar-refractivity contribution in [1.29, 1.82) is 0 Å². The molecule has 1 N–H and O–H groups in total. The van der Waals surface area contributed by atoms with Crippen LogP contribution in [0.1, 0.15) is 18.4 Å². The fourth-order valence-corrected chi connectivity index (χ4v) is 2.15. The number of methoxy groups -OCH3 is 1. The predicted octanol–water partition coefficient (Wildman–Crippen LogP) is 2.85. The van der Waals surface area contributed by atoms with Crippen LogP contribution in [-0.2, 0) is 11.3 Å². The summed E-state index contributed by atoms with van der Waals surface area (Å²) in [5.41, 5.74) is 1.23. The average molecular weight is 240 g/mol. The van der Waals surface area contributed by atoms with Crippen LogP contribution in [-0.4, -0.2) is 19.8 Å². The second-order valence-electron chi connectivity index (χ2n) is 4.41. The topological polar surface area (TPSA) is 21.3 Å². The van der Waals surface area contributed by atoms with E-state index in [0.717, 1.165) is 24.1 Å². The van der Waals surface area contributed by atoms with Crippen LogP contribution in [0.15, 0.2) is 24.3 Å². The van der Waals surface area contributed by atoms with E-state index in [4.69, 9.17) is 16.3 Å². The van der Waals surface area contributed by atoms with Gasteiger partial charge in [-0.05, 0) is 36.5 Å². The zero-order valence-electron chi connectivity index (χ0n) is 9.58. The van der Waals surface area contributed by atoms with Crippen molar-refractivity contribution in [3.63, 3.8) is 0 Å². The number of hydrogen-bond acceptors (Lipinski definition) is 2. The van der Waals surface area contributed by atoms with E-state index in [9.17, 15) is 0 Å². The van der Waals surface area contributed by atoms with Gasteiger partial charge >= 0.3 is 0 Å². The molecule has 1 aliphatic rings. The second kappa shape index (κ2) is 5.67. The Kier molecular flexibility index (Phi) is 4.22. The van der Waals surface area contributed by atoms with Crippen LogP contribution in [0, 0.1) is 5.92 Å². The molecule has 16 heavy (non-hydrogen) atoms. The van der Waals surface area contributed by atoms with E-state index in [1.807, 2.05) is 18.2 Å². The first-order chi connectivity index (χ1) is 7.79. The Morgan fingerprint density at radius 3 is 2.94 bits per heavy atom. The van der Waals surface area contributed by atoms with E-state index < -0.39 is 0 Å². The molecule has 88 valence electrons. The third-order valence-electron chi connectivity index (χ3n) is 2.99. The van der Waals surface area contributed by atoms with Gasteiger partial charge in [0.05, 0.1) is 6.61 Å². The van der Waals surface area contributed by atoms with Gasteiger partial charge in [-0.15, -0.1) is 0 Å². The van der Waals surface area contributed by atoms with Crippen LogP contribution in [0.4, 0.5) is 0 Å². The predicted molar refractivity (Wildman–Crippen MR) is 66.7 cm³/mol. The SMILES string of the molecule is COCC(NCc1cccc(Cl)c1)C1CC1. The third kappa shape index (κ3) is 3.48. The molecule has 3 heteroatoms. The molecule has 1 saturated carbocycles. The van der Waals surface area contributed by atoms with Crippen LogP contribution in [0.25, 0.3) is 0 Å². The van der Waals surface area contributed by atoms with Crippen LogP contribution < -0.4 is 5.32 Å². The lowest BCUT2D eigenvalue weighted by Gasteiger charge is -2.17. The summed E-state index contributed by atoms with van der Waals surface area (Å²) in [5, 5.41) is 4.34. The maximum Gasteiger partial charge on any atom is 0.0618 e. The molecule has 0 heterocycles. The summed E-state index contributed by atoms with van der Waals surface area (Å²) in [4.78, 5) is 0. The van der Waals surface area contributed by atoms with Crippen LogP contribution in [0.3, 0.4) is 0 Å². The molecule has 1 fully saturated rings. The standard InChI is InChI=1S/C13H18ClNO/c1-16-9-13(11-5-6-11)15-8-10-3-2-4-12(14)7-10/h2-4,7,11,13,15H,5-6,8-9H2,1H3. The van der Waals surface area contributed by atoms with Gasteiger partial charge in [0.15, 0.2) is 0 Å². The highest BCUT2D eigenvalue weighted by molar-refractivity contribution is 6.30. The highest BCUT2D eigenvalue weighted by atomic mass is 35.5. The molecule has 0 bridgehead atoms. The molecule has 1 unspecified atom stereocenters. The first-order valence-electron chi connectivity index (χ1n) is 5.76. The maximum absolute atomic E-state index is 5.94. The lowest BCUT2D eigenvalue weighted by atomic mass is 10.1. The zero-order chi connectivity index (χ0) is 11.4. The summed E-state index contributed by atoms with van der Waals surface area (Å²) in [5.74, 6) is 0.805. The minimum absolute atomic E-state index is 0.490. The first-order valence-corrected chi connectivity index (χ1v) is 6.14. The van der Waals surface area contributed by atoms with E-state index in [1.165, 1.54) is 18.4 Å². The molecular formula is C13H18ClNO. The molecule has 0 aliphatic heterocycles. The van der Waals surface area contributed by atoms with Gasteiger partial charge in [0, 0.05) is 24.7 Å². The molecule has 1 atom stereocenters. The Balaban J connectivity index is 1.85. The van der Waals surface area contributed by atoms with Crippen molar-refractivity contribution < 1.29 is 4.74 Å². The zero-order valence-corrected chi connectivity index (χ0v) is 10.3. The van der Waals surface area contributed by atoms with Gasteiger partial charge in [0.2, 0.25) is 0 Å². The second-order valence-corrected chi connectivity index (χ2v) is 4.85. The van der Waals surface area contributed by atoms with Crippen molar-refractivity contribution in [2.24, 2.45) is 5.92 Å². The van der Waals surface area contributed by atoms with Gasteiger partial charge < -0.3 is 10.1 Å². The largest absolute Gasteiger partial charge is 0.383 e. The monoisotopic (exact) mass is 239 g/mol. The van der Waals surface area contributed by atoms with Crippen molar-refractivity contribution >= 4 is 11.6 Å². The van der Waals surface area contributed by atoms with E-state index in [0.29, 0.717) is 6.04 Å². The fourth-order valence-electron chi connectivity index (χ4n) is 1.94. The number of hydrogen-bond donors (Lipinski definition) is 1. The van der Waals surface area contributed by atoms with Crippen molar-refractivity contribution in [2.75, 3.05) is 13.7 Å². The van der Waals surface area contributed by atoms with Crippen molar-refractivity contribution in [3.8, 4) is 0 Å². The van der Waals surface area contributed by atoms with E-state index >= 15 is 0 Å². The molecule has 2 rings (SSSR count). The molecule has 0 radical (unpaired) electrons. The number of halogens is 1. The quantitative estimate of drug-likeness (QED) is 0.824. The molecule has 2 nitrogen and oxygen atoms in total. The molecular weight excluding hydrogens is 222 g/mol. The van der Waals surface area contributed by atoms with Gasteiger partial charge in [-0.3, -0.25) is 0 Å². The Morgan fingerprint density at radius 1 is 1.50 bits per heavy atom. The van der Waals surface area contributed by atoms with Gasteiger partial charge in [-0.25, -0.2) is 0 Å². The molecule has 0 saturated heterocycles. The van der Waals surface area contributed by atoms with E-state index in [1.54, 1.807) is 7.11 Å². The van der Waals surface area contributed by atoms with Gasteiger partial charge in [0.1, 0.15) is 0 Å². The minimum Gasteiger partial charge on any atom is -0.383 e. The molecule has 0 aromatic heterocycles. The number of rotatable bonds is 6. The van der Waals surface area contributed by atoms with Crippen LogP contribution in [0.2, 0.25) is 5.02 Å². The van der Waals surface area contributed by atoms with Gasteiger partial charge in [-0.2, -0.15) is 0 Å². The van der Waals surface area contributed by atoms with Crippen molar-refractivity contribution in [1.82, 2.24) is 5.32 Å². The Bertz CT molecular complexity index is 338. The van der Waals surface area contributed by atoms with Gasteiger partial charge in [0.25, 0.3) is 0 Å².